The Labute approximate surface area is 160 Å². The van der Waals surface area contributed by atoms with E-state index in [2.05, 4.69) is 25.1 Å². The molecule has 0 atom stereocenters. The number of hydrogen-bond acceptors (Lipinski definition) is 6. The molecule has 3 heterocycles. The smallest absolute Gasteiger partial charge is 0.238 e. The number of halogens is 1. The molecule has 1 N–H and O–H groups in total. The summed E-state index contributed by atoms with van der Waals surface area (Å²) in [5.41, 5.74) is 1.64. The SMILES string of the molecule is O=C(CN1CCN(c2ncnc3ccsc23)CC1)Nc1ccccc1Cl. The molecule has 2 aromatic heterocycles. The van der Waals surface area contributed by atoms with Crippen LogP contribution in [-0.2, 0) is 4.79 Å². The van der Waals surface area contributed by atoms with Crippen LogP contribution in [-0.4, -0.2) is 53.5 Å². The van der Waals surface area contributed by atoms with Crippen LogP contribution in [0.2, 0.25) is 5.02 Å². The van der Waals surface area contributed by atoms with E-state index < -0.39 is 0 Å². The minimum Gasteiger partial charge on any atom is -0.353 e. The van der Waals surface area contributed by atoms with Crippen molar-refractivity contribution in [2.45, 2.75) is 0 Å². The Morgan fingerprint density at radius 3 is 2.77 bits per heavy atom. The topological polar surface area (TPSA) is 61.4 Å². The zero-order valence-electron chi connectivity index (χ0n) is 14.1. The van der Waals surface area contributed by atoms with Crippen molar-refractivity contribution in [2.75, 3.05) is 42.9 Å². The van der Waals surface area contributed by atoms with Crippen molar-refractivity contribution < 1.29 is 4.79 Å². The summed E-state index contributed by atoms with van der Waals surface area (Å²) in [6, 6.07) is 9.28. The van der Waals surface area contributed by atoms with E-state index in [4.69, 9.17) is 11.6 Å². The van der Waals surface area contributed by atoms with E-state index in [1.54, 1.807) is 29.8 Å². The van der Waals surface area contributed by atoms with E-state index in [9.17, 15) is 4.79 Å². The molecular weight excluding hydrogens is 370 g/mol. The van der Waals surface area contributed by atoms with Crippen molar-refractivity contribution in [3.05, 3.63) is 47.1 Å². The average Bonchev–Trinajstić information content (AvgIpc) is 3.13. The molecule has 1 amide bonds. The third-order valence-corrected chi connectivity index (χ3v) is 5.64. The first kappa shape index (κ1) is 17.2. The Kier molecular flexibility index (Phi) is 5.01. The van der Waals surface area contributed by atoms with Crippen LogP contribution >= 0.6 is 22.9 Å². The fourth-order valence-corrected chi connectivity index (χ4v) is 4.12. The van der Waals surface area contributed by atoms with Gasteiger partial charge < -0.3 is 10.2 Å². The number of anilines is 2. The fraction of sp³-hybridized carbons (Fsp3) is 0.278. The lowest BCUT2D eigenvalue weighted by atomic mass is 10.3. The molecule has 3 aromatic rings. The first-order valence-electron chi connectivity index (χ1n) is 8.40. The number of carbonyl (C=O) groups is 1. The highest BCUT2D eigenvalue weighted by molar-refractivity contribution is 7.17. The minimum atomic E-state index is -0.0470. The average molecular weight is 388 g/mol. The Balaban J connectivity index is 1.34. The Morgan fingerprint density at radius 2 is 1.96 bits per heavy atom. The molecule has 1 aliphatic rings. The number of piperazine rings is 1. The summed E-state index contributed by atoms with van der Waals surface area (Å²) < 4.78 is 1.12. The predicted molar refractivity (Wildman–Crippen MR) is 106 cm³/mol. The fourth-order valence-electron chi connectivity index (χ4n) is 3.07. The van der Waals surface area contributed by atoms with Gasteiger partial charge in [-0.2, -0.15) is 0 Å². The summed E-state index contributed by atoms with van der Waals surface area (Å²) in [7, 11) is 0. The monoisotopic (exact) mass is 387 g/mol. The first-order valence-corrected chi connectivity index (χ1v) is 9.66. The second-order valence-corrected chi connectivity index (χ2v) is 7.45. The number of rotatable bonds is 4. The zero-order chi connectivity index (χ0) is 17.9. The Bertz CT molecular complexity index is 923. The number of hydrogen-bond donors (Lipinski definition) is 1. The second kappa shape index (κ2) is 7.57. The van der Waals surface area contributed by atoms with Gasteiger partial charge >= 0.3 is 0 Å². The highest BCUT2D eigenvalue weighted by atomic mass is 35.5. The number of thiophene rings is 1. The summed E-state index contributed by atoms with van der Waals surface area (Å²) in [6.45, 7) is 3.66. The molecule has 134 valence electrons. The second-order valence-electron chi connectivity index (χ2n) is 6.12. The Hall–Kier alpha value is -2.22. The van der Waals surface area contributed by atoms with E-state index in [0.717, 1.165) is 42.2 Å². The molecular formula is C18H18ClN5OS. The molecule has 6 nitrogen and oxygen atoms in total. The largest absolute Gasteiger partial charge is 0.353 e. The molecule has 8 heteroatoms. The van der Waals surface area contributed by atoms with Crippen LogP contribution < -0.4 is 10.2 Å². The maximum Gasteiger partial charge on any atom is 0.238 e. The van der Waals surface area contributed by atoms with Gasteiger partial charge in [0.2, 0.25) is 5.91 Å². The van der Waals surface area contributed by atoms with Crippen LogP contribution in [0.1, 0.15) is 0 Å². The van der Waals surface area contributed by atoms with E-state index in [0.29, 0.717) is 17.3 Å². The molecule has 26 heavy (non-hydrogen) atoms. The molecule has 0 aliphatic carbocycles. The maximum absolute atomic E-state index is 12.3. The normalized spacial score (nSPS) is 15.3. The number of carbonyl (C=O) groups excluding carboxylic acids is 1. The summed E-state index contributed by atoms with van der Waals surface area (Å²) in [4.78, 5) is 25.5. The van der Waals surface area contributed by atoms with Gasteiger partial charge in [-0.25, -0.2) is 9.97 Å². The first-order chi connectivity index (χ1) is 12.7. The van der Waals surface area contributed by atoms with Gasteiger partial charge in [-0.15, -0.1) is 11.3 Å². The van der Waals surface area contributed by atoms with Gasteiger partial charge in [0, 0.05) is 26.2 Å². The number of amides is 1. The van der Waals surface area contributed by atoms with Gasteiger partial charge in [0.25, 0.3) is 0 Å². The van der Waals surface area contributed by atoms with Crippen LogP contribution in [0.15, 0.2) is 42.0 Å². The lowest BCUT2D eigenvalue weighted by Gasteiger charge is -2.35. The lowest BCUT2D eigenvalue weighted by Crippen LogP contribution is -2.49. The van der Waals surface area contributed by atoms with Crippen molar-refractivity contribution in [3.63, 3.8) is 0 Å². The van der Waals surface area contributed by atoms with Gasteiger partial charge in [-0.1, -0.05) is 23.7 Å². The standard InChI is InChI=1S/C18H18ClN5OS/c19-13-3-1-2-4-14(13)22-16(25)11-23-6-8-24(9-7-23)18-17-15(5-10-26-17)20-12-21-18/h1-5,10,12H,6-9,11H2,(H,22,25). The van der Waals surface area contributed by atoms with Gasteiger partial charge in [-0.3, -0.25) is 9.69 Å². The number of benzene rings is 1. The quantitative estimate of drug-likeness (QED) is 0.745. The Morgan fingerprint density at radius 1 is 1.15 bits per heavy atom. The number of nitrogens with zero attached hydrogens (tertiary/aromatic N) is 4. The van der Waals surface area contributed by atoms with Crippen molar-refractivity contribution in [1.82, 2.24) is 14.9 Å². The van der Waals surface area contributed by atoms with E-state index >= 15 is 0 Å². The van der Waals surface area contributed by atoms with Crippen molar-refractivity contribution in [2.24, 2.45) is 0 Å². The zero-order valence-corrected chi connectivity index (χ0v) is 15.6. The van der Waals surface area contributed by atoms with Crippen LogP contribution in [0, 0.1) is 0 Å². The van der Waals surface area contributed by atoms with Gasteiger partial charge in [-0.05, 0) is 23.6 Å². The number of aromatic nitrogens is 2. The molecule has 4 rings (SSSR count). The highest BCUT2D eigenvalue weighted by Gasteiger charge is 2.22. The van der Waals surface area contributed by atoms with Crippen molar-refractivity contribution in [1.29, 1.82) is 0 Å². The molecule has 1 aromatic carbocycles. The molecule has 0 bridgehead atoms. The number of fused-ring (bicyclic) bond motifs is 1. The van der Waals surface area contributed by atoms with Crippen LogP contribution in [0.5, 0.6) is 0 Å². The third kappa shape index (κ3) is 3.65. The van der Waals surface area contributed by atoms with Crippen molar-refractivity contribution >= 4 is 50.6 Å². The van der Waals surface area contributed by atoms with Gasteiger partial charge in [0.1, 0.15) is 12.1 Å². The third-order valence-electron chi connectivity index (χ3n) is 4.41. The number of nitrogens with one attached hydrogen (secondary N) is 1. The molecule has 1 aliphatic heterocycles. The molecule has 1 fully saturated rings. The summed E-state index contributed by atoms with van der Waals surface area (Å²) in [5, 5.41) is 5.47. The van der Waals surface area contributed by atoms with Crippen molar-refractivity contribution in [3.8, 4) is 0 Å². The predicted octanol–water partition coefficient (Wildman–Crippen LogP) is 3.11. The molecule has 0 saturated carbocycles. The summed E-state index contributed by atoms with van der Waals surface area (Å²) in [5.74, 6) is 0.944. The van der Waals surface area contributed by atoms with E-state index in [1.807, 2.05) is 23.6 Å². The summed E-state index contributed by atoms with van der Waals surface area (Å²) in [6.07, 6.45) is 1.62. The molecule has 0 radical (unpaired) electrons. The van der Waals surface area contributed by atoms with Crippen LogP contribution in [0.3, 0.4) is 0 Å². The highest BCUT2D eigenvalue weighted by Crippen LogP contribution is 2.28. The van der Waals surface area contributed by atoms with Gasteiger partial charge in [0.15, 0.2) is 0 Å². The molecule has 1 saturated heterocycles. The lowest BCUT2D eigenvalue weighted by molar-refractivity contribution is -0.117. The maximum atomic E-state index is 12.3. The number of para-hydroxylation sites is 1. The molecule has 0 spiro atoms. The van der Waals surface area contributed by atoms with Gasteiger partial charge in [0.05, 0.1) is 27.5 Å². The van der Waals surface area contributed by atoms with E-state index in [1.165, 1.54) is 0 Å². The minimum absolute atomic E-state index is 0.0470. The summed E-state index contributed by atoms with van der Waals surface area (Å²) >= 11 is 7.76. The van der Waals surface area contributed by atoms with E-state index in [-0.39, 0.29) is 5.91 Å². The van der Waals surface area contributed by atoms with Crippen LogP contribution in [0.4, 0.5) is 11.5 Å². The molecule has 0 unspecified atom stereocenters. The van der Waals surface area contributed by atoms with Crippen LogP contribution in [0.25, 0.3) is 10.2 Å².